The predicted octanol–water partition coefficient (Wildman–Crippen LogP) is 7.26. The van der Waals surface area contributed by atoms with Gasteiger partial charge in [0.15, 0.2) is 5.78 Å². The summed E-state index contributed by atoms with van der Waals surface area (Å²) in [5, 5.41) is 0. The molecule has 0 saturated carbocycles. The van der Waals surface area contributed by atoms with E-state index < -0.39 is 4.87 Å². The topological polar surface area (TPSA) is 17.1 Å². The van der Waals surface area contributed by atoms with Gasteiger partial charge in [0.05, 0.1) is 4.87 Å². The van der Waals surface area contributed by atoms with Gasteiger partial charge in [0.1, 0.15) is 0 Å². The third-order valence-electron chi connectivity index (χ3n) is 4.38. The maximum Gasteiger partial charge on any atom is 0.163 e. The van der Waals surface area contributed by atoms with Gasteiger partial charge in [0.2, 0.25) is 0 Å². The number of benzene rings is 1. The summed E-state index contributed by atoms with van der Waals surface area (Å²) in [4.78, 5) is 12.0. The number of hydrogen-bond donors (Lipinski definition) is 0. The Balaban J connectivity index is 2.28. The summed E-state index contributed by atoms with van der Waals surface area (Å²) in [5.74, 6) is 0.234. The summed E-state index contributed by atoms with van der Waals surface area (Å²) in [6.07, 6.45) is 12.1. The number of rotatable bonds is 12. The van der Waals surface area contributed by atoms with Gasteiger partial charge in [-0.25, -0.2) is 0 Å². The van der Waals surface area contributed by atoms with Crippen molar-refractivity contribution in [3.8, 4) is 0 Å². The van der Waals surface area contributed by atoms with Gasteiger partial charge in [0.25, 0.3) is 0 Å². The first-order chi connectivity index (χ1) is 11.0. The Morgan fingerprint density at radius 1 is 0.913 bits per heavy atom. The van der Waals surface area contributed by atoms with Crippen LogP contribution < -0.4 is 0 Å². The van der Waals surface area contributed by atoms with Crippen molar-refractivity contribution in [3.05, 3.63) is 35.4 Å². The highest BCUT2D eigenvalue weighted by Gasteiger charge is 2.22. The van der Waals surface area contributed by atoms with Crippen molar-refractivity contribution < 1.29 is 4.79 Å². The molecule has 0 saturated heterocycles. The lowest BCUT2D eigenvalue weighted by Gasteiger charge is -2.19. The van der Waals surface area contributed by atoms with Crippen molar-refractivity contribution in [2.24, 2.45) is 0 Å². The van der Waals surface area contributed by atoms with Crippen molar-refractivity contribution in [2.75, 3.05) is 0 Å². The van der Waals surface area contributed by atoms with Crippen molar-refractivity contribution >= 4 is 17.4 Å². The molecule has 0 aromatic heterocycles. The van der Waals surface area contributed by atoms with Gasteiger partial charge in [0, 0.05) is 12.0 Å². The summed E-state index contributed by atoms with van der Waals surface area (Å²) in [6.45, 7) is 6.14. The first kappa shape index (κ1) is 20.2. The average molecular weight is 337 g/mol. The largest absolute Gasteiger partial charge is 0.294 e. The molecule has 1 aromatic carbocycles. The third kappa shape index (κ3) is 8.01. The van der Waals surface area contributed by atoms with E-state index in [2.05, 4.69) is 6.92 Å². The van der Waals surface area contributed by atoms with E-state index >= 15 is 0 Å². The Bertz CT molecular complexity index is 459. The Morgan fingerprint density at radius 2 is 1.43 bits per heavy atom. The van der Waals surface area contributed by atoms with Crippen LogP contribution in [0.3, 0.4) is 0 Å². The minimum Gasteiger partial charge on any atom is -0.294 e. The van der Waals surface area contributed by atoms with Gasteiger partial charge < -0.3 is 0 Å². The molecule has 23 heavy (non-hydrogen) atoms. The molecule has 1 nitrogen and oxygen atoms in total. The van der Waals surface area contributed by atoms with Gasteiger partial charge in [-0.05, 0) is 25.8 Å². The first-order valence-corrected chi connectivity index (χ1v) is 9.66. The molecule has 0 bridgehead atoms. The van der Waals surface area contributed by atoms with Crippen LogP contribution in [0.2, 0.25) is 0 Å². The van der Waals surface area contributed by atoms with Crippen LogP contribution in [0.15, 0.2) is 24.3 Å². The molecule has 0 spiro atoms. The molecule has 0 radical (unpaired) electrons. The standard InChI is InChI=1S/C21H33ClO/c1-4-5-6-7-8-9-10-11-12-17-20(23)18-15-13-14-16-19(18)21(2,3)22/h13-16H,4-12,17H2,1-3H3. The molecule has 0 N–H and O–H groups in total. The maximum atomic E-state index is 12.5. The normalized spacial score (nSPS) is 11.7. The lowest BCUT2D eigenvalue weighted by molar-refractivity contribution is 0.0977. The molecular formula is C21H33ClO. The number of unbranched alkanes of at least 4 members (excludes halogenated alkanes) is 8. The third-order valence-corrected chi connectivity index (χ3v) is 4.58. The summed E-state index contributed by atoms with van der Waals surface area (Å²) in [7, 11) is 0. The van der Waals surface area contributed by atoms with Crippen LogP contribution in [-0.4, -0.2) is 5.78 Å². The molecule has 0 atom stereocenters. The summed E-state index contributed by atoms with van der Waals surface area (Å²) in [5.41, 5.74) is 1.75. The van der Waals surface area contributed by atoms with E-state index in [1.54, 1.807) is 0 Å². The molecule has 0 aliphatic heterocycles. The molecular weight excluding hydrogens is 304 g/mol. The average Bonchev–Trinajstić information content (AvgIpc) is 2.52. The lowest BCUT2D eigenvalue weighted by atomic mass is 9.92. The van der Waals surface area contributed by atoms with Gasteiger partial charge >= 0.3 is 0 Å². The second-order valence-electron chi connectivity index (χ2n) is 7.02. The van der Waals surface area contributed by atoms with Crippen LogP contribution in [0, 0.1) is 0 Å². The second-order valence-corrected chi connectivity index (χ2v) is 7.96. The number of carbonyl (C=O) groups excluding carboxylic acids is 1. The van der Waals surface area contributed by atoms with Crippen LogP contribution >= 0.6 is 11.6 Å². The molecule has 0 fully saturated rings. The quantitative estimate of drug-likeness (QED) is 0.223. The zero-order chi connectivity index (χ0) is 17.1. The second kappa shape index (κ2) is 10.9. The molecule has 0 amide bonds. The van der Waals surface area contributed by atoms with E-state index in [0.717, 1.165) is 24.0 Å². The molecule has 1 aromatic rings. The van der Waals surface area contributed by atoms with Crippen molar-refractivity contribution in [3.63, 3.8) is 0 Å². The Hall–Kier alpha value is -0.820. The smallest absolute Gasteiger partial charge is 0.163 e. The highest BCUT2D eigenvalue weighted by Crippen LogP contribution is 2.31. The van der Waals surface area contributed by atoms with Crippen LogP contribution in [0.5, 0.6) is 0 Å². The molecule has 0 aliphatic rings. The Morgan fingerprint density at radius 3 is 2.00 bits per heavy atom. The SMILES string of the molecule is CCCCCCCCCCCC(=O)c1ccccc1C(C)(C)Cl. The van der Waals surface area contributed by atoms with Crippen LogP contribution in [0.4, 0.5) is 0 Å². The summed E-state index contributed by atoms with van der Waals surface area (Å²) < 4.78 is 0. The molecule has 1 rings (SSSR count). The molecule has 0 heterocycles. The zero-order valence-corrected chi connectivity index (χ0v) is 15.9. The molecule has 0 unspecified atom stereocenters. The number of halogens is 1. The van der Waals surface area contributed by atoms with E-state index in [0.29, 0.717) is 6.42 Å². The van der Waals surface area contributed by atoms with Gasteiger partial charge in [-0.3, -0.25) is 4.79 Å². The van der Waals surface area contributed by atoms with Crippen molar-refractivity contribution in [1.29, 1.82) is 0 Å². The van der Waals surface area contributed by atoms with E-state index in [1.807, 2.05) is 38.1 Å². The number of alkyl halides is 1. The monoisotopic (exact) mass is 336 g/mol. The fraction of sp³-hybridized carbons (Fsp3) is 0.667. The van der Waals surface area contributed by atoms with E-state index in [4.69, 9.17) is 11.6 Å². The van der Waals surface area contributed by atoms with Crippen molar-refractivity contribution in [2.45, 2.75) is 89.9 Å². The van der Waals surface area contributed by atoms with Crippen LogP contribution in [-0.2, 0) is 4.87 Å². The molecule has 0 aliphatic carbocycles. The minimum atomic E-state index is -0.495. The number of hydrogen-bond acceptors (Lipinski definition) is 1. The maximum absolute atomic E-state index is 12.5. The fourth-order valence-corrected chi connectivity index (χ4v) is 3.14. The van der Waals surface area contributed by atoms with Gasteiger partial charge in [-0.15, -0.1) is 11.6 Å². The fourth-order valence-electron chi connectivity index (χ4n) is 2.98. The minimum absolute atomic E-state index is 0.234. The highest BCUT2D eigenvalue weighted by atomic mass is 35.5. The van der Waals surface area contributed by atoms with Crippen molar-refractivity contribution in [1.82, 2.24) is 0 Å². The van der Waals surface area contributed by atoms with E-state index in [1.165, 1.54) is 44.9 Å². The number of carbonyl (C=O) groups is 1. The Labute approximate surface area is 147 Å². The summed E-state index contributed by atoms with van der Waals surface area (Å²) >= 11 is 6.41. The zero-order valence-electron chi connectivity index (χ0n) is 15.2. The first-order valence-electron chi connectivity index (χ1n) is 9.28. The van der Waals surface area contributed by atoms with E-state index in [-0.39, 0.29) is 5.78 Å². The molecule has 130 valence electrons. The predicted molar refractivity (Wildman–Crippen MR) is 101 cm³/mol. The Kier molecular flexibility index (Phi) is 9.55. The number of ketones is 1. The lowest BCUT2D eigenvalue weighted by Crippen LogP contribution is -2.14. The highest BCUT2D eigenvalue weighted by molar-refractivity contribution is 6.24. The summed E-state index contributed by atoms with van der Waals surface area (Å²) in [6, 6.07) is 7.76. The van der Waals surface area contributed by atoms with Crippen LogP contribution in [0.1, 0.15) is 101 Å². The van der Waals surface area contributed by atoms with Crippen LogP contribution in [0.25, 0.3) is 0 Å². The van der Waals surface area contributed by atoms with E-state index in [9.17, 15) is 4.79 Å². The number of Topliss-reactive ketones (excluding diaryl/α,β-unsaturated/α-hetero) is 1. The van der Waals surface area contributed by atoms with Gasteiger partial charge in [-0.1, -0.05) is 82.6 Å². The molecule has 2 heteroatoms. The van der Waals surface area contributed by atoms with Gasteiger partial charge in [-0.2, -0.15) is 0 Å².